The van der Waals surface area contributed by atoms with Crippen LogP contribution in [0.25, 0.3) is 0 Å². The molecule has 0 saturated carbocycles. The molecule has 0 spiro atoms. The first-order valence-corrected chi connectivity index (χ1v) is 8.49. The largest absolute Gasteiger partial charge is 0.497 e. The lowest BCUT2D eigenvalue weighted by atomic mass is 10.1. The second kappa shape index (κ2) is 7.55. The number of amides is 3. The van der Waals surface area contributed by atoms with Crippen molar-refractivity contribution in [3.63, 3.8) is 0 Å². The number of rotatable bonds is 4. The molecule has 1 N–H and O–H groups in total. The van der Waals surface area contributed by atoms with Gasteiger partial charge in [-0.15, -0.1) is 0 Å². The van der Waals surface area contributed by atoms with E-state index in [2.05, 4.69) is 5.32 Å². The molecule has 8 nitrogen and oxygen atoms in total. The van der Waals surface area contributed by atoms with E-state index in [0.29, 0.717) is 30.7 Å². The van der Waals surface area contributed by atoms with E-state index in [1.165, 1.54) is 12.0 Å². The number of methoxy groups -OCH3 is 1. The highest BCUT2D eigenvalue weighted by Gasteiger charge is 2.38. The standard InChI is InChI=1S/C18H20N2O6/c1-25-12-6-4-11(5-7-12)17(23)20-10-2-3-13(20)18(24)26-14-8-9-15(21)19-16(14)22/h4-7,13-14H,2-3,8-10H2,1H3,(H,19,21,22). The van der Waals surface area contributed by atoms with Crippen LogP contribution in [0.3, 0.4) is 0 Å². The smallest absolute Gasteiger partial charge is 0.329 e. The van der Waals surface area contributed by atoms with Crippen LogP contribution < -0.4 is 10.1 Å². The second-order valence-corrected chi connectivity index (χ2v) is 6.26. The number of esters is 1. The lowest BCUT2D eigenvalue weighted by Gasteiger charge is -2.26. The highest BCUT2D eigenvalue weighted by atomic mass is 16.6. The molecule has 8 heteroatoms. The first-order valence-electron chi connectivity index (χ1n) is 8.49. The van der Waals surface area contributed by atoms with E-state index in [1.54, 1.807) is 24.3 Å². The van der Waals surface area contributed by atoms with Crippen LogP contribution in [0.15, 0.2) is 24.3 Å². The Labute approximate surface area is 150 Å². The van der Waals surface area contributed by atoms with E-state index in [1.807, 2.05) is 0 Å². The number of imide groups is 1. The van der Waals surface area contributed by atoms with Gasteiger partial charge in [0.25, 0.3) is 11.8 Å². The molecule has 0 aromatic heterocycles. The van der Waals surface area contributed by atoms with Gasteiger partial charge in [0.15, 0.2) is 6.10 Å². The van der Waals surface area contributed by atoms with Crippen molar-refractivity contribution >= 4 is 23.7 Å². The number of carbonyl (C=O) groups is 4. The average molecular weight is 360 g/mol. The van der Waals surface area contributed by atoms with Crippen LogP contribution in [-0.2, 0) is 19.1 Å². The number of nitrogens with zero attached hydrogens (tertiary/aromatic N) is 1. The minimum atomic E-state index is -0.987. The summed E-state index contributed by atoms with van der Waals surface area (Å²) in [7, 11) is 1.54. The topological polar surface area (TPSA) is 102 Å². The van der Waals surface area contributed by atoms with Crippen molar-refractivity contribution in [1.29, 1.82) is 0 Å². The van der Waals surface area contributed by atoms with Gasteiger partial charge in [-0.1, -0.05) is 0 Å². The van der Waals surface area contributed by atoms with Crippen LogP contribution in [-0.4, -0.2) is 54.4 Å². The van der Waals surface area contributed by atoms with Gasteiger partial charge >= 0.3 is 5.97 Å². The van der Waals surface area contributed by atoms with Crippen molar-refractivity contribution in [1.82, 2.24) is 10.2 Å². The van der Waals surface area contributed by atoms with E-state index in [4.69, 9.17) is 9.47 Å². The summed E-state index contributed by atoms with van der Waals surface area (Å²) in [4.78, 5) is 49.6. The molecule has 2 saturated heterocycles. The summed E-state index contributed by atoms with van der Waals surface area (Å²) in [6.07, 6.45) is 0.461. The highest BCUT2D eigenvalue weighted by molar-refractivity contribution is 6.01. The van der Waals surface area contributed by atoms with Crippen molar-refractivity contribution < 1.29 is 28.7 Å². The highest BCUT2D eigenvalue weighted by Crippen LogP contribution is 2.23. The molecule has 2 unspecified atom stereocenters. The van der Waals surface area contributed by atoms with Crippen LogP contribution in [0.2, 0.25) is 0 Å². The number of benzene rings is 1. The van der Waals surface area contributed by atoms with Crippen molar-refractivity contribution in [2.75, 3.05) is 13.7 Å². The molecule has 0 bridgehead atoms. The van der Waals surface area contributed by atoms with Gasteiger partial charge in [-0.2, -0.15) is 0 Å². The molecule has 3 amide bonds. The molecule has 0 aliphatic carbocycles. The number of nitrogens with one attached hydrogen (secondary N) is 1. The van der Waals surface area contributed by atoms with Crippen molar-refractivity contribution in [3.05, 3.63) is 29.8 Å². The molecule has 0 radical (unpaired) electrons. The van der Waals surface area contributed by atoms with Gasteiger partial charge in [-0.3, -0.25) is 19.7 Å². The number of carbonyl (C=O) groups excluding carboxylic acids is 4. The van der Waals surface area contributed by atoms with Gasteiger partial charge in [0.05, 0.1) is 7.11 Å². The summed E-state index contributed by atoms with van der Waals surface area (Å²) in [6, 6.07) is 5.92. The second-order valence-electron chi connectivity index (χ2n) is 6.26. The third-order valence-corrected chi connectivity index (χ3v) is 4.57. The monoisotopic (exact) mass is 360 g/mol. The molecule has 2 aliphatic rings. The molecule has 1 aromatic rings. The first kappa shape index (κ1) is 17.9. The average Bonchev–Trinajstić information content (AvgIpc) is 3.13. The molecule has 138 valence electrons. The summed E-state index contributed by atoms with van der Waals surface area (Å²) >= 11 is 0. The Bertz CT molecular complexity index is 730. The van der Waals surface area contributed by atoms with Gasteiger partial charge in [0.1, 0.15) is 11.8 Å². The summed E-state index contributed by atoms with van der Waals surface area (Å²) in [5.74, 6) is -1.23. The van der Waals surface area contributed by atoms with Crippen LogP contribution in [0, 0.1) is 0 Å². The van der Waals surface area contributed by atoms with Crippen LogP contribution >= 0.6 is 0 Å². The van der Waals surface area contributed by atoms with Crippen LogP contribution in [0.4, 0.5) is 0 Å². The van der Waals surface area contributed by atoms with E-state index in [0.717, 1.165) is 0 Å². The Hall–Kier alpha value is -2.90. The number of ether oxygens (including phenoxy) is 2. The fourth-order valence-electron chi connectivity index (χ4n) is 3.16. The Kier molecular flexibility index (Phi) is 5.20. The van der Waals surface area contributed by atoms with E-state index in [9.17, 15) is 19.2 Å². The third-order valence-electron chi connectivity index (χ3n) is 4.57. The molecule has 2 heterocycles. The maximum absolute atomic E-state index is 12.7. The van der Waals surface area contributed by atoms with Gasteiger partial charge in [-0.25, -0.2) is 4.79 Å². The molecular formula is C18H20N2O6. The Morgan fingerprint density at radius 3 is 2.54 bits per heavy atom. The maximum atomic E-state index is 12.7. The number of hydrogen-bond donors (Lipinski definition) is 1. The Balaban J connectivity index is 1.66. The lowest BCUT2D eigenvalue weighted by Crippen LogP contribution is -2.49. The Morgan fingerprint density at radius 1 is 1.15 bits per heavy atom. The predicted molar refractivity (Wildman–Crippen MR) is 89.3 cm³/mol. The molecule has 2 fully saturated rings. The van der Waals surface area contributed by atoms with Crippen molar-refractivity contribution in [2.45, 2.75) is 37.8 Å². The summed E-state index contributed by atoms with van der Waals surface area (Å²) in [6.45, 7) is 0.444. The number of hydrogen-bond acceptors (Lipinski definition) is 6. The fourth-order valence-corrected chi connectivity index (χ4v) is 3.16. The predicted octanol–water partition coefficient (Wildman–Crippen LogP) is 0.648. The number of likely N-dealkylation sites (tertiary alicyclic amines) is 1. The third kappa shape index (κ3) is 3.68. The zero-order valence-electron chi connectivity index (χ0n) is 14.4. The van der Waals surface area contributed by atoms with E-state index in [-0.39, 0.29) is 24.7 Å². The lowest BCUT2D eigenvalue weighted by molar-refractivity contribution is -0.162. The Morgan fingerprint density at radius 2 is 1.88 bits per heavy atom. The zero-order chi connectivity index (χ0) is 18.7. The van der Waals surface area contributed by atoms with E-state index < -0.39 is 24.0 Å². The van der Waals surface area contributed by atoms with E-state index >= 15 is 0 Å². The zero-order valence-corrected chi connectivity index (χ0v) is 14.4. The normalized spacial score (nSPS) is 22.7. The molecule has 1 aromatic carbocycles. The maximum Gasteiger partial charge on any atom is 0.329 e. The molecule has 2 aliphatic heterocycles. The number of piperidine rings is 1. The quantitative estimate of drug-likeness (QED) is 0.625. The van der Waals surface area contributed by atoms with Crippen LogP contribution in [0.5, 0.6) is 5.75 Å². The van der Waals surface area contributed by atoms with Gasteiger partial charge in [-0.05, 0) is 37.1 Å². The van der Waals surface area contributed by atoms with Gasteiger partial charge in [0.2, 0.25) is 5.91 Å². The molecule has 26 heavy (non-hydrogen) atoms. The summed E-state index contributed by atoms with van der Waals surface area (Å²) in [5.41, 5.74) is 0.450. The molecule has 2 atom stereocenters. The van der Waals surface area contributed by atoms with Crippen molar-refractivity contribution in [2.24, 2.45) is 0 Å². The molecule has 3 rings (SSSR count). The minimum Gasteiger partial charge on any atom is -0.497 e. The first-order chi connectivity index (χ1) is 12.5. The molecular weight excluding hydrogens is 340 g/mol. The van der Waals surface area contributed by atoms with Gasteiger partial charge < -0.3 is 14.4 Å². The minimum absolute atomic E-state index is 0.128. The van der Waals surface area contributed by atoms with Crippen LogP contribution in [0.1, 0.15) is 36.0 Å². The van der Waals surface area contributed by atoms with Crippen molar-refractivity contribution in [3.8, 4) is 5.75 Å². The summed E-state index contributed by atoms with van der Waals surface area (Å²) < 4.78 is 10.3. The fraction of sp³-hybridized carbons (Fsp3) is 0.444. The SMILES string of the molecule is COc1ccc(C(=O)N2CCCC2C(=O)OC2CCC(=O)NC2=O)cc1. The van der Waals surface area contributed by atoms with Gasteiger partial charge in [0, 0.05) is 24.9 Å². The summed E-state index contributed by atoms with van der Waals surface area (Å²) in [5, 5.41) is 2.15.